The van der Waals surface area contributed by atoms with E-state index in [1.807, 2.05) is 11.8 Å². The van der Waals surface area contributed by atoms with Gasteiger partial charge in [0.1, 0.15) is 0 Å². The lowest BCUT2D eigenvalue weighted by molar-refractivity contribution is -0.0684. The number of aryl methyl sites for hydroxylation is 1. The van der Waals surface area contributed by atoms with Crippen molar-refractivity contribution in [1.29, 1.82) is 0 Å². The van der Waals surface area contributed by atoms with E-state index in [9.17, 15) is 4.79 Å². The monoisotopic (exact) mass is 346 g/mol. The molecule has 2 fully saturated rings. The van der Waals surface area contributed by atoms with E-state index in [1.54, 1.807) is 0 Å². The lowest BCUT2D eigenvalue weighted by Crippen LogP contribution is -2.51. The van der Waals surface area contributed by atoms with Crippen LogP contribution in [-0.4, -0.2) is 35.8 Å². The van der Waals surface area contributed by atoms with Gasteiger partial charge in [0.25, 0.3) is 0 Å². The number of rotatable bonds is 2. The minimum atomic E-state index is -0.0237. The molecule has 0 saturated carbocycles. The van der Waals surface area contributed by atoms with Gasteiger partial charge < -0.3 is 15.4 Å². The van der Waals surface area contributed by atoms with Crippen molar-refractivity contribution in [3.05, 3.63) is 35.4 Å². The fourth-order valence-electron chi connectivity index (χ4n) is 4.30. The van der Waals surface area contributed by atoms with Crippen LogP contribution in [0, 0.1) is 0 Å². The summed E-state index contributed by atoms with van der Waals surface area (Å²) < 4.78 is 6.04. The molecule has 2 aliphatic heterocycles. The number of carbonyl (C=O) groups is 1. The molecule has 0 unspecified atom stereocenters. The van der Waals surface area contributed by atoms with Crippen LogP contribution in [0.25, 0.3) is 0 Å². The summed E-state index contributed by atoms with van der Waals surface area (Å²) in [6.45, 7) is 0.762. The van der Waals surface area contributed by atoms with Gasteiger partial charge in [0.15, 0.2) is 0 Å². The molecule has 1 aromatic rings. The lowest BCUT2D eigenvalue weighted by Gasteiger charge is -2.38. The van der Waals surface area contributed by atoms with Gasteiger partial charge in [-0.1, -0.05) is 24.3 Å². The van der Waals surface area contributed by atoms with Crippen LogP contribution in [0.5, 0.6) is 0 Å². The van der Waals surface area contributed by atoms with Crippen LogP contribution in [0.2, 0.25) is 0 Å². The molecule has 2 heterocycles. The molecule has 3 aliphatic rings. The molecule has 130 valence electrons. The molecule has 4 nitrogen and oxygen atoms in total. The van der Waals surface area contributed by atoms with E-state index in [0.717, 1.165) is 50.9 Å². The van der Waals surface area contributed by atoms with Crippen molar-refractivity contribution in [3.8, 4) is 0 Å². The number of amides is 2. The van der Waals surface area contributed by atoms with Crippen LogP contribution in [0.4, 0.5) is 4.79 Å². The zero-order valence-electron chi connectivity index (χ0n) is 14.1. The quantitative estimate of drug-likeness (QED) is 0.863. The van der Waals surface area contributed by atoms with E-state index in [-0.39, 0.29) is 23.7 Å². The number of carbonyl (C=O) groups excluding carboxylic acids is 1. The number of benzene rings is 1. The smallest absolute Gasteiger partial charge is 0.315 e. The van der Waals surface area contributed by atoms with Crippen molar-refractivity contribution < 1.29 is 9.53 Å². The van der Waals surface area contributed by atoms with E-state index < -0.39 is 0 Å². The molecule has 2 amide bonds. The van der Waals surface area contributed by atoms with Crippen LogP contribution in [0.1, 0.15) is 49.3 Å². The highest BCUT2D eigenvalue weighted by atomic mass is 32.2. The Morgan fingerprint density at radius 3 is 3.04 bits per heavy atom. The number of ether oxygens (including phenoxy) is 1. The molecule has 2 saturated heterocycles. The van der Waals surface area contributed by atoms with E-state index in [2.05, 4.69) is 34.9 Å². The fourth-order valence-corrected chi connectivity index (χ4v) is 5.68. The summed E-state index contributed by atoms with van der Waals surface area (Å²) in [5.74, 6) is 2.25. The Kier molecular flexibility index (Phi) is 4.72. The molecule has 1 spiro atoms. The molecule has 0 aromatic heterocycles. The molecular weight excluding hydrogens is 320 g/mol. The topological polar surface area (TPSA) is 50.4 Å². The van der Waals surface area contributed by atoms with E-state index in [1.165, 1.54) is 16.9 Å². The summed E-state index contributed by atoms with van der Waals surface area (Å²) in [5.41, 5.74) is 2.68. The SMILES string of the molecule is O=C(N[C@@H]1CCO[C@]2(CCSC2)C1)N[C@@H]1CCCc2ccccc21. The van der Waals surface area contributed by atoms with Crippen LogP contribution in [0.15, 0.2) is 24.3 Å². The maximum atomic E-state index is 12.5. The molecule has 4 rings (SSSR count). The van der Waals surface area contributed by atoms with Crippen molar-refractivity contribution in [2.45, 2.75) is 56.2 Å². The number of fused-ring (bicyclic) bond motifs is 1. The normalized spacial score (nSPS) is 32.3. The Bertz CT molecular complexity index is 601. The summed E-state index contributed by atoms with van der Waals surface area (Å²) in [4.78, 5) is 12.5. The highest BCUT2D eigenvalue weighted by Gasteiger charge is 2.40. The first kappa shape index (κ1) is 16.3. The Labute approximate surface area is 148 Å². The van der Waals surface area contributed by atoms with Crippen molar-refractivity contribution >= 4 is 17.8 Å². The van der Waals surface area contributed by atoms with E-state index >= 15 is 0 Å². The van der Waals surface area contributed by atoms with Gasteiger partial charge in [-0.05, 0) is 55.4 Å². The van der Waals surface area contributed by atoms with Crippen molar-refractivity contribution in [3.63, 3.8) is 0 Å². The Balaban J connectivity index is 1.36. The predicted molar refractivity (Wildman–Crippen MR) is 97.4 cm³/mol. The predicted octanol–water partition coefficient (Wildman–Crippen LogP) is 3.42. The Hall–Kier alpha value is -1.20. The van der Waals surface area contributed by atoms with Crippen molar-refractivity contribution in [2.75, 3.05) is 18.1 Å². The van der Waals surface area contributed by atoms with Gasteiger partial charge in [0.05, 0.1) is 11.6 Å². The number of urea groups is 1. The third kappa shape index (κ3) is 3.42. The van der Waals surface area contributed by atoms with Crippen LogP contribution >= 0.6 is 11.8 Å². The van der Waals surface area contributed by atoms with Gasteiger partial charge in [0, 0.05) is 18.4 Å². The Morgan fingerprint density at radius 1 is 1.25 bits per heavy atom. The number of nitrogens with one attached hydrogen (secondary N) is 2. The van der Waals surface area contributed by atoms with Gasteiger partial charge in [-0.15, -0.1) is 0 Å². The first-order chi connectivity index (χ1) is 11.7. The molecule has 24 heavy (non-hydrogen) atoms. The average Bonchev–Trinajstić information content (AvgIpc) is 3.03. The second-order valence-electron chi connectivity index (χ2n) is 7.29. The zero-order valence-corrected chi connectivity index (χ0v) is 14.9. The summed E-state index contributed by atoms with van der Waals surface area (Å²) in [6, 6.07) is 8.84. The molecule has 3 atom stereocenters. The molecule has 5 heteroatoms. The van der Waals surface area contributed by atoms with Gasteiger partial charge in [0.2, 0.25) is 0 Å². The molecular formula is C19H26N2O2S. The molecule has 0 radical (unpaired) electrons. The maximum absolute atomic E-state index is 12.5. The minimum absolute atomic E-state index is 0.0122. The van der Waals surface area contributed by atoms with Gasteiger partial charge >= 0.3 is 6.03 Å². The van der Waals surface area contributed by atoms with E-state index in [4.69, 9.17) is 4.74 Å². The third-order valence-corrected chi connectivity index (χ3v) is 6.79. The second-order valence-corrected chi connectivity index (χ2v) is 8.39. The lowest BCUT2D eigenvalue weighted by atomic mass is 9.88. The van der Waals surface area contributed by atoms with Gasteiger partial charge in [-0.25, -0.2) is 4.79 Å². The summed E-state index contributed by atoms with van der Waals surface area (Å²) in [6.07, 6.45) is 6.28. The second kappa shape index (κ2) is 6.96. The highest BCUT2D eigenvalue weighted by Crippen LogP contribution is 2.38. The van der Waals surface area contributed by atoms with Crippen LogP contribution < -0.4 is 10.6 Å². The van der Waals surface area contributed by atoms with Gasteiger partial charge in [-0.2, -0.15) is 11.8 Å². The van der Waals surface area contributed by atoms with Crippen LogP contribution in [0.3, 0.4) is 0 Å². The third-order valence-electron chi connectivity index (χ3n) is 5.57. The number of hydrogen-bond donors (Lipinski definition) is 2. The van der Waals surface area contributed by atoms with Crippen molar-refractivity contribution in [2.24, 2.45) is 0 Å². The number of thioether (sulfide) groups is 1. The summed E-state index contributed by atoms with van der Waals surface area (Å²) in [7, 11) is 0. The first-order valence-corrected chi connectivity index (χ1v) is 10.3. The molecule has 1 aromatic carbocycles. The Morgan fingerprint density at radius 2 is 2.17 bits per heavy atom. The average molecular weight is 346 g/mol. The number of hydrogen-bond acceptors (Lipinski definition) is 3. The maximum Gasteiger partial charge on any atom is 0.315 e. The van der Waals surface area contributed by atoms with E-state index in [0.29, 0.717) is 0 Å². The fraction of sp³-hybridized carbons (Fsp3) is 0.632. The first-order valence-electron chi connectivity index (χ1n) is 9.11. The van der Waals surface area contributed by atoms with Crippen LogP contribution in [-0.2, 0) is 11.2 Å². The molecule has 2 N–H and O–H groups in total. The standard InChI is InChI=1S/C19H26N2O2S/c22-18(20-15-8-10-23-19(12-15)9-11-24-13-19)21-17-7-3-5-14-4-1-2-6-16(14)17/h1-2,4,6,15,17H,3,5,7-13H2,(H2,20,21,22)/t15-,17-,19-/m1/s1. The highest BCUT2D eigenvalue weighted by molar-refractivity contribution is 7.99. The van der Waals surface area contributed by atoms with Crippen molar-refractivity contribution in [1.82, 2.24) is 10.6 Å². The minimum Gasteiger partial charge on any atom is -0.374 e. The molecule has 0 bridgehead atoms. The zero-order chi connectivity index (χ0) is 16.4. The van der Waals surface area contributed by atoms with Gasteiger partial charge in [-0.3, -0.25) is 0 Å². The molecule has 1 aliphatic carbocycles. The summed E-state index contributed by atoms with van der Waals surface area (Å²) >= 11 is 1.97. The largest absolute Gasteiger partial charge is 0.374 e. The summed E-state index contributed by atoms with van der Waals surface area (Å²) in [5, 5.41) is 6.41.